The number of para-hydroxylation sites is 2. The molecule has 0 aliphatic heterocycles. The lowest BCUT2D eigenvalue weighted by molar-refractivity contribution is -0.115. The summed E-state index contributed by atoms with van der Waals surface area (Å²) in [6, 6.07) is 17.7. The molecule has 4 aromatic rings. The minimum atomic E-state index is -0.865. The number of carbonyl (C=O) groups excluding carboxylic acids is 1. The van der Waals surface area contributed by atoms with Gasteiger partial charge in [-0.2, -0.15) is 0 Å². The number of thioether (sulfide) groups is 1. The largest absolute Gasteiger partial charge is 0.320 e. The molecule has 0 saturated carbocycles. The fourth-order valence-corrected chi connectivity index (χ4v) is 4.09. The average Bonchev–Trinajstić information content (AvgIpc) is 2.77. The van der Waals surface area contributed by atoms with E-state index in [0.29, 0.717) is 21.7 Å². The molecule has 1 aromatic heterocycles. The third kappa shape index (κ3) is 4.27. The van der Waals surface area contributed by atoms with Gasteiger partial charge in [0.15, 0.2) is 5.16 Å². The van der Waals surface area contributed by atoms with Gasteiger partial charge in [0.1, 0.15) is 17.3 Å². The fourth-order valence-electron chi connectivity index (χ4n) is 3.17. The first-order valence-corrected chi connectivity index (χ1v) is 10.7. The Hall–Kier alpha value is -3.52. The Morgan fingerprint density at radius 3 is 2.34 bits per heavy atom. The molecule has 32 heavy (non-hydrogen) atoms. The van der Waals surface area contributed by atoms with E-state index < -0.39 is 28.5 Å². The van der Waals surface area contributed by atoms with Crippen molar-refractivity contribution in [1.29, 1.82) is 0 Å². The maximum absolute atomic E-state index is 13.9. The molecule has 5 nitrogen and oxygen atoms in total. The second-order valence-electron chi connectivity index (χ2n) is 7.23. The Morgan fingerprint density at radius 2 is 1.66 bits per heavy atom. The zero-order chi connectivity index (χ0) is 22.8. The van der Waals surface area contributed by atoms with Crippen LogP contribution in [0.5, 0.6) is 0 Å². The van der Waals surface area contributed by atoms with Crippen LogP contribution < -0.4 is 10.9 Å². The second-order valence-corrected chi connectivity index (χ2v) is 8.54. The number of benzene rings is 3. The van der Waals surface area contributed by atoms with Crippen molar-refractivity contribution in [1.82, 2.24) is 9.55 Å². The number of anilines is 1. The Bertz CT molecular complexity index is 1350. The molecule has 1 N–H and O–H groups in total. The van der Waals surface area contributed by atoms with Crippen molar-refractivity contribution >= 4 is 34.3 Å². The maximum atomic E-state index is 13.9. The molecule has 0 radical (unpaired) electrons. The van der Waals surface area contributed by atoms with Crippen LogP contribution in [0.25, 0.3) is 16.6 Å². The standard InChI is InChI=1S/C24H19F2N3O2S/c1-14-10-12-16(13-11-14)29-23(31)17-6-3-4-9-20(17)27-24(29)32-15(2)22(30)28-21-18(25)7-5-8-19(21)26/h3-13,15H,1-2H3,(H,28,30). The molecule has 0 fully saturated rings. The molecule has 1 unspecified atom stereocenters. The summed E-state index contributed by atoms with van der Waals surface area (Å²) in [5.74, 6) is -2.34. The van der Waals surface area contributed by atoms with Gasteiger partial charge in [0.05, 0.1) is 21.8 Å². The third-order valence-electron chi connectivity index (χ3n) is 4.90. The van der Waals surface area contributed by atoms with Crippen molar-refractivity contribution < 1.29 is 13.6 Å². The van der Waals surface area contributed by atoms with Crippen LogP contribution in [0, 0.1) is 18.6 Å². The lowest BCUT2D eigenvalue weighted by Gasteiger charge is -2.17. The summed E-state index contributed by atoms with van der Waals surface area (Å²) in [5.41, 5.74) is 1.36. The van der Waals surface area contributed by atoms with E-state index in [2.05, 4.69) is 10.3 Å². The second kappa shape index (κ2) is 8.92. The molecule has 0 spiro atoms. The molecule has 1 amide bonds. The number of rotatable bonds is 5. The van der Waals surface area contributed by atoms with Crippen LogP contribution in [0.3, 0.4) is 0 Å². The number of halogens is 2. The molecule has 4 rings (SSSR count). The van der Waals surface area contributed by atoms with E-state index in [-0.39, 0.29) is 5.56 Å². The lowest BCUT2D eigenvalue weighted by atomic mass is 10.2. The number of fused-ring (bicyclic) bond motifs is 1. The lowest BCUT2D eigenvalue weighted by Crippen LogP contribution is -2.26. The zero-order valence-electron chi connectivity index (χ0n) is 17.3. The van der Waals surface area contributed by atoms with Crippen LogP contribution in [0.2, 0.25) is 0 Å². The summed E-state index contributed by atoms with van der Waals surface area (Å²) < 4.78 is 29.3. The highest BCUT2D eigenvalue weighted by molar-refractivity contribution is 8.00. The molecule has 0 aliphatic rings. The number of nitrogens with zero attached hydrogens (tertiary/aromatic N) is 2. The topological polar surface area (TPSA) is 64.0 Å². The predicted octanol–water partition coefficient (Wildman–Crippen LogP) is 5.09. The zero-order valence-corrected chi connectivity index (χ0v) is 18.1. The number of aromatic nitrogens is 2. The minimum absolute atomic E-state index is 0.269. The summed E-state index contributed by atoms with van der Waals surface area (Å²) in [4.78, 5) is 30.6. The first-order chi connectivity index (χ1) is 15.3. The van der Waals surface area contributed by atoms with Crippen molar-refractivity contribution in [3.8, 4) is 5.69 Å². The summed E-state index contributed by atoms with van der Waals surface area (Å²) >= 11 is 1.03. The third-order valence-corrected chi connectivity index (χ3v) is 5.95. The molecule has 3 aromatic carbocycles. The van der Waals surface area contributed by atoms with Crippen LogP contribution in [0.4, 0.5) is 14.5 Å². The number of hydrogen-bond donors (Lipinski definition) is 1. The number of amides is 1. The molecule has 0 bridgehead atoms. The van der Waals surface area contributed by atoms with Crippen LogP contribution in [0.15, 0.2) is 76.7 Å². The van der Waals surface area contributed by atoms with E-state index in [9.17, 15) is 18.4 Å². The SMILES string of the molecule is Cc1ccc(-n2c(SC(C)C(=O)Nc3c(F)cccc3F)nc3ccccc3c2=O)cc1. The van der Waals surface area contributed by atoms with Gasteiger partial charge in [-0.25, -0.2) is 13.8 Å². The minimum Gasteiger partial charge on any atom is -0.320 e. The first kappa shape index (κ1) is 21.7. The van der Waals surface area contributed by atoms with Crippen LogP contribution in [-0.4, -0.2) is 20.7 Å². The van der Waals surface area contributed by atoms with Crippen molar-refractivity contribution in [2.24, 2.45) is 0 Å². The molecular formula is C24H19F2N3O2S. The molecule has 8 heteroatoms. The van der Waals surface area contributed by atoms with Crippen molar-refractivity contribution in [2.75, 3.05) is 5.32 Å². The molecule has 0 saturated heterocycles. The number of aryl methyl sites for hydroxylation is 1. The van der Waals surface area contributed by atoms with Gasteiger partial charge in [-0.3, -0.25) is 14.2 Å². The monoisotopic (exact) mass is 451 g/mol. The average molecular weight is 451 g/mol. The van der Waals surface area contributed by atoms with Gasteiger partial charge in [-0.15, -0.1) is 0 Å². The van der Waals surface area contributed by atoms with Crippen LogP contribution in [-0.2, 0) is 4.79 Å². The van der Waals surface area contributed by atoms with Crippen LogP contribution >= 0.6 is 11.8 Å². The van der Waals surface area contributed by atoms with E-state index in [4.69, 9.17) is 0 Å². The quantitative estimate of drug-likeness (QED) is 0.339. The Balaban J connectivity index is 1.73. The molecule has 0 aliphatic carbocycles. The summed E-state index contributed by atoms with van der Waals surface area (Å²) in [6.45, 7) is 3.52. The van der Waals surface area contributed by atoms with Crippen molar-refractivity contribution in [3.05, 3.63) is 94.3 Å². The first-order valence-electron chi connectivity index (χ1n) is 9.85. The number of hydrogen-bond acceptors (Lipinski definition) is 4. The van der Waals surface area contributed by atoms with E-state index in [1.165, 1.54) is 10.6 Å². The predicted molar refractivity (Wildman–Crippen MR) is 122 cm³/mol. The van der Waals surface area contributed by atoms with Gasteiger partial charge >= 0.3 is 0 Å². The Kier molecular flexibility index (Phi) is 6.05. The van der Waals surface area contributed by atoms with Gasteiger partial charge in [-0.1, -0.05) is 47.7 Å². The molecular weight excluding hydrogens is 432 g/mol. The highest BCUT2D eigenvalue weighted by Crippen LogP contribution is 2.27. The summed E-state index contributed by atoms with van der Waals surface area (Å²) in [6.07, 6.45) is 0. The number of carbonyl (C=O) groups is 1. The Morgan fingerprint density at radius 1 is 1.00 bits per heavy atom. The van der Waals surface area contributed by atoms with Gasteiger partial charge in [0.2, 0.25) is 5.91 Å². The van der Waals surface area contributed by atoms with Gasteiger partial charge in [0, 0.05) is 0 Å². The van der Waals surface area contributed by atoms with Crippen LogP contribution in [0.1, 0.15) is 12.5 Å². The summed E-state index contributed by atoms with van der Waals surface area (Å²) in [5, 5.41) is 2.25. The smallest absolute Gasteiger partial charge is 0.266 e. The van der Waals surface area contributed by atoms with E-state index in [0.717, 1.165) is 29.5 Å². The van der Waals surface area contributed by atoms with Crippen molar-refractivity contribution in [2.45, 2.75) is 24.3 Å². The molecule has 1 heterocycles. The highest BCUT2D eigenvalue weighted by atomic mass is 32.2. The van der Waals surface area contributed by atoms with E-state index in [1.807, 2.05) is 19.1 Å². The summed E-state index contributed by atoms with van der Waals surface area (Å²) in [7, 11) is 0. The van der Waals surface area contributed by atoms with E-state index in [1.54, 1.807) is 43.3 Å². The van der Waals surface area contributed by atoms with Gasteiger partial charge < -0.3 is 5.32 Å². The number of nitrogens with one attached hydrogen (secondary N) is 1. The Labute approximate surface area is 187 Å². The maximum Gasteiger partial charge on any atom is 0.266 e. The fraction of sp³-hybridized carbons (Fsp3) is 0.125. The normalized spacial score (nSPS) is 12.0. The van der Waals surface area contributed by atoms with Crippen molar-refractivity contribution in [3.63, 3.8) is 0 Å². The molecule has 162 valence electrons. The highest BCUT2D eigenvalue weighted by Gasteiger charge is 2.22. The van der Waals surface area contributed by atoms with Gasteiger partial charge in [-0.05, 0) is 50.2 Å². The van der Waals surface area contributed by atoms with Gasteiger partial charge in [0.25, 0.3) is 5.56 Å². The van der Waals surface area contributed by atoms with E-state index >= 15 is 0 Å². The molecule has 1 atom stereocenters.